The molecular formula is C15H13N3O7S. The molecule has 2 aromatic rings. The SMILES string of the molecule is NS(=O)(=O)c1ccc(NC(=O)COC(=O)c2ccccc2[N+](=O)[O-])cc1. The van der Waals surface area contributed by atoms with Gasteiger partial charge in [0, 0.05) is 11.8 Å². The van der Waals surface area contributed by atoms with Crippen molar-refractivity contribution >= 4 is 33.3 Å². The molecule has 0 bridgehead atoms. The number of nitrogens with two attached hydrogens (primary N) is 1. The summed E-state index contributed by atoms with van der Waals surface area (Å²) in [6.45, 7) is -0.679. The molecular weight excluding hydrogens is 366 g/mol. The average Bonchev–Trinajstić information content (AvgIpc) is 2.59. The monoisotopic (exact) mass is 379 g/mol. The highest BCUT2D eigenvalue weighted by Crippen LogP contribution is 2.18. The molecule has 0 aliphatic carbocycles. The van der Waals surface area contributed by atoms with E-state index in [1.54, 1.807) is 0 Å². The van der Waals surface area contributed by atoms with Gasteiger partial charge in [-0.3, -0.25) is 14.9 Å². The largest absolute Gasteiger partial charge is 0.452 e. The second-order valence-electron chi connectivity index (χ2n) is 4.97. The molecule has 0 saturated carbocycles. The molecule has 136 valence electrons. The number of esters is 1. The van der Waals surface area contributed by atoms with E-state index in [0.717, 1.165) is 6.07 Å². The van der Waals surface area contributed by atoms with E-state index in [2.05, 4.69) is 5.32 Å². The normalized spacial score (nSPS) is 10.8. The predicted molar refractivity (Wildman–Crippen MR) is 89.8 cm³/mol. The number of ether oxygens (including phenoxy) is 1. The van der Waals surface area contributed by atoms with Crippen LogP contribution < -0.4 is 10.5 Å². The third-order valence-electron chi connectivity index (χ3n) is 3.12. The van der Waals surface area contributed by atoms with E-state index < -0.39 is 39.1 Å². The molecule has 0 fully saturated rings. The number of hydrogen-bond acceptors (Lipinski definition) is 7. The number of hydrogen-bond donors (Lipinski definition) is 2. The Morgan fingerprint density at radius 2 is 1.73 bits per heavy atom. The third-order valence-corrected chi connectivity index (χ3v) is 4.05. The van der Waals surface area contributed by atoms with Gasteiger partial charge < -0.3 is 10.1 Å². The molecule has 0 spiro atoms. The summed E-state index contributed by atoms with van der Waals surface area (Å²) in [5.41, 5.74) is -0.455. The fourth-order valence-corrected chi connectivity index (χ4v) is 2.45. The number of nitrogens with zero attached hydrogens (tertiary/aromatic N) is 1. The molecule has 1 amide bonds. The average molecular weight is 379 g/mol. The van der Waals surface area contributed by atoms with Crippen LogP contribution in [0, 0.1) is 10.1 Å². The van der Waals surface area contributed by atoms with Crippen molar-refractivity contribution in [2.24, 2.45) is 5.14 Å². The Balaban J connectivity index is 1.97. The van der Waals surface area contributed by atoms with Gasteiger partial charge in [0.05, 0.1) is 9.82 Å². The second-order valence-corrected chi connectivity index (χ2v) is 6.53. The van der Waals surface area contributed by atoms with Crippen LogP contribution in [0.15, 0.2) is 53.4 Å². The number of carbonyl (C=O) groups is 2. The number of carbonyl (C=O) groups excluding carboxylic acids is 2. The minimum atomic E-state index is -3.85. The maximum atomic E-state index is 11.9. The molecule has 0 unspecified atom stereocenters. The molecule has 0 aliphatic heterocycles. The van der Waals surface area contributed by atoms with Gasteiger partial charge in [0.25, 0.3) is 11.6 Å². The zero-order chi connectivity index (χ0) is 19.3. The topological polar surface area (TPSA) is 159 Å². The first-order chi connectivity index (χ1) is 12.2. The fraction of sp³-hybridized carbons (Fsp3) is 0.0667. The van der Waals surface area contributed by atoms with Crippen LogP contribution in [0.1, 0.15) is 10.4 Å². The molecule has 0 aromatic heterocycles. The number of nitro groups is 1. The lowest BCUT2D eigenvalue weighted by Crippen LogP contribution is -2.21. The quantitative estimate of drug-likeness (QED) is 0.431. The van der Waals surface area contributed by atoms with Crippen LogP contribution in [0.5, 0.6) is 0 Å². The van der Waals surface area contributed by atoms with Crippen LogP contribution in [0.3, 0.4) is 0 Å². The van der Waals surface area contributed by atoms with Crippen molar-refractivity contribution < 1.29 is 27.7 Å². The summed E-state index contributed by atoms with van der Waals surface area (Å²) in [7, 11) is -3.85. The summed E-state index contributed by atoms with van der Waals surface area (Å²) < 4.78 is 27.0. The van der Waals surface area contributed by atoms with Crippen LogP contribution in [0.2, 0.25) is 0 Å². The van der Waals surface area contributed by atoms with Gasteiger partial charge in [-0.2, -0.15) is 0 Å². The van der Waals surface area contributed by atoms with Gasteiger partial charge in [-0.1, -0.05) is 12.1 Å². The Morgan fingerprint density at radius 3 is 2.31 bits per heavy atom. The Hall–Kier alpha value is -3.31. The van der Waals surface area contributed by atoms with Gasteiger partial charge >= 0.3 is 5.97 Å². The predicted octanol–water partition coefficient (Wildman–Crippen LogP) is 1.04. The molecule has 10 nitrogen and oxygen atoms in total. The molecule has 11 heteroatoms. The molecule has 0 radical (unpaired) electrons. The number of primary sulfonamides is 1. The Labute approximate surface area is 147 Å². The van der Waals surface area contributed by atoms with Crippen LogP contribution >= 0.6 is 0 Å². The zero-order valence-electron chi connectivity index (χ0n) is 13.1. The van der Waals surface area contributed by atoms with Crippen LogP contribution in [0.25, 0.3) is 0 Å². The minimum Gasteiger partial charge on any atom is -0.452 e. The first-order valence-corrected chi connectivity index (χ1v) is 8.56. The van der Waals surface area contributed by atoms with Crippen molar-refractivity contribution in [1.29, 1.82) is 0 Å². The number of sulfonamides is 1. The highest BCUT2D eigenvalue weighted by molar-refractivity contribution is 7.89. The molecule has 3 N–H and O–H groups in total. The lowest BCUT2D eigenvalue weighted by molar-refractivity contribution is -0.385. The molecule has 0 atom stereocenters. The molecule has 0 aliphatic rings. The number of nitrogens with one attached hydrogen (secondary N) is 1. The van der Waals surface area contributed by atoms with E-state index in [0.29, 0.717) is 0 Å². The van der Waals surface area contributed by atoms with Gasteiger partial charge in [-0.15, -0.1) is 0 Å². The van der Waals surface area contributed by atoms with Crippen molar-refractivity contribution in [1.82, 2.24) is 0 Å². The number of amides is 1. The van der Waals surface area contributed by atoms with Gasteiger partial charge in [0.15, 0.2) is 6.61 Å². The van der Waals surface area contributed by atoms with Crippen LogP contribution in [-0.2, 0) is 19.6 Å². The number of benzene rings is 2. The first kappa shape index (κ1) is 19.0. The minimum absolute atomic E-state index is 0.127. The molecule has 2 aromatic carbocycles. The second kappa shape index (κ2) is 7.72. The summed E-state index contributed by atoms with van der Waals surface area (Å²) in [5, 5.41) is 18.2. The maximum absolute atomic E-state index is 11.9. The summed E-state index contributed by atoms with van der Waals surface area (Å²) >= 11 is 0. The zero-order valence-corrected chi connectivity index (χ0v) is 13.9. The standard InChI is InChI=1S/C15H13N3O7S/c16-26(23,24)11-7-5-10(6-8-11)17-14(19)9-25-15(20)12-3-1-2-4-13(12)18(21)22/h1-8H,9H2,(H,17,19)(H2,16,23,24). The van der Waals surface area contributed by atoms with E-state index >= 15 is 0 Å². The van der Waals surface area contributed by atoms with E-state index in [4.69, 9.17) is 9.88 Å². The summed E-state index contributed by atoms with van der Waals surface area (Å²) in [6, 6.07) is 10.2. The number of nitro benzene ring substituents is 1. The molecule has 2 rings (SSSR count). The van der Waals surface area contributed by atoms with E-state index in [9.17, 15) is 28.1 Å². The number of para-hydroxylation sites is 1. The van der Waals surface area contributed by atoms with Crippen molar-refractivity contribution in [3.8, 4) is 0 Å². The van der Waals surface area contributed by atoms with Gasteiger partial charge in [0.1, 0.15) is 5.56 Å². The first-order valence-electron chi connectivity index (χ1n) is 7.02. The van der Waals surface area contributed by atoms with Crippen molar-refractivity contribution in [2.45, 2.75) is 4.90 Å². The number of anilines is 1. The van der Waals surface area contributed by atoms with Gasteiger partial charge in [-0.25, -0.2) is 18.4 Å². The third kappa shape index (κ3) is 4.84. The van der Waals surface area contributed by atoms with Crippen LogP contribution in [-0.4, -0.2) is 31.8 Å². The molecule has 0 heterocycles. The lowest BCUT2D eigenvalue weighted by atomic mass is 10.2. The lowest BCUT2D eigenvalue weighted by Gasteiger charge is -2.07. The van der Waals surface area contributed by atoms with E-state index in [1.165, 1.54) is 42.5 Å². The van der Waals surface area contributed by atoms with Crippen molar-refractivity contribution in [2.75, 3.05) is 11.9 Å². The van der Waals surface area contributed by atoms with E-state index in [1.807, 2.05) is 0 Å². The van der Waals surface area contributed by atoms with Crippen molar-refractivity contribution in [3.05, 3.63) is 64.2 Å². The number of rotatable bonds is 6. The van der Waals surface area contributed by atoms with Gasteiger partial charge in [0.2, 0.25) is 10.0 Å². The van der Waals surface area contributed by atoms with E-state index in [-0.39, 0.29) is 16.1 Å². The smallest absolute Gasteiger partial charge is 0.345 e. The fourth-order valence-electron chi connectivity index (χ4n) is 1.94. The van der Waals surface area contributed by atoms with Gasteiger partial charge in [-0.05, 0) is 30.3 Å². The van der Waals surface area contributed by atoms with Crippen LogP contribution in [0.4, 0.5) is 11.4 Å². The summed E-state index contributed by atoms with van der Waals surface area (Å²) in [5.74, 6) is -1.72. The Bertz CT molecular complexity index is 955. The highest BCUT2D eigenvalue weighted by atomic mass is 32.2. The summed E-state index contributed by atoms with van der Waals surface area (Å²) in [4.78, 5) is 33.7. The maximum Gasteiger partial charge on any atom is 0.345 e. The summed E-state index contributed by atoms with van der Waals surface area (Å²) in [6.07, 6.45) is 0. The Morgan fingerprint density at radius 1 is 1.12 bits per heavy atom. The highest BCUT2D eigenvalue weighted by Gasteiger charge is 2.21. The Kier molecular flexibility index (Phi) is 5.64. The van der Waals surface area contributed by atoms with Crippen molar-refractivity contribution in [3.63, 3.8) is 0 Å². The molecule has 26 heavy (non-hydrogen) atoms. The molecule has 0 saturated heterocycles.